The van der Waals surface area contributed by atoms with Crippen LogP contribution in [0.3, 0.4) is 0 Å². The molecule has 0 unspecified atom stereocenters. The molecular formula is C18H20N4O2. The van der Waals surface area contributed by atoms with Crippen molar-refractivity contribution in [2.24, 2.45) is 5.92 Å². The molecule has 0 radical (unpaired) electrons. The Kier molecular flexibility index (Phi) is 5.15. The maximum Gasteiger partial charge on any atom is 0.225 e. The zero-order valence-corrected chi connectivity index (χ0v) is 13.4. The normalized spacial score (nSPS) is 17.1. The molecule has 2 aromatic rings. The number of rotatable bonds is 6. The van der Waals surface area contributed by atoms with E-state index in [9.17, 15) is 9.59 Å². The maximum atomic E-state index is 12.3. The van der Waals surface area contributed by atoms with Crippen LogP contribution < -0.4 is 5.32 Å². The van der Waals surface area contributed by atoms with Crippen LogP contribution >= 0.6 is 0 Å². The van der Waals surface area contributed by atoms with Gasteiger partial charge in [-0.25, -0.2) is 0 Å². The van der Waals surface area contributed by atoms with Crippen molar-refractivity contribution in [2.45, 2.75) is 19.4 Å². The minimum atomic E-state index is -0.267. The molecule has 1 fully saturated rings. The molecule has 124 valence electrons. The van der Waals surface area contributed by atoms with Gasteiger partial charge in [-0.2, -0.15) is 0 Å². The van der Waals surface area contributed by atoms with Gasteiger partial charge in [-0.1, -0.05) is 0 Å². The van der Waals surface area contributed by atoms with Crippen LogP contribution in [0.25, 0.3) is 0 Å². The highest BCUT2D eigenvalue weighted by atomic mass is 16.2. The van der Waals surface area contributed by atoms with Gasteiger partial charge in [-0.15, -0.1) is 0 Å². The van der Waals surface area contributed by atoms with E-state index in [1.165, 1.54) is 0 Å². The molecule has 6 nitrogen and oxygen atoms in total. The molecule has 3 rings (SSSR count). The topological polar surface area (TPSA) is 75.2 Å². The third kappa shape index (κ3) is 4.16. The number of aromatic nitrogens is 2. The highest BCUT2D eigenvalue weighted by Crippen LogP contribution is 2.20. The minimum absolute atomic E-state index is 0.0288. The summed E-state index contributed by atoms with van der Waals surface area (Å²) in [6.07, 6.45) is 7.94. The molecule has 2 amide bonds. The number of nitrogens with one attached hydrogen (secondary N) is 1. The van der Waals surface area contributed by atoms with Gasteiger partial charge in [0.1, 0.15) is 0 Å². The van der Waals surface area contributed by atoms with Crippen LogP contribution in [0.4, 0.5) is 0 Å². The van der Waals surface area contributed by atoms with E-state index in [0.717, 1.165) is 17.5 Å². The number of carbonyl (C=O) groups is 2. The first-order valence-electron chi connectivity index (χ1n) is 8.05. The fourth-order valence-electron chi connectivity index (χ4n) is 2.83. The van der Waals surface area contributed by atoms with Gasteiger partial charge < -0.3 is 10.2 Å². The van der Waals surface area contributed by atoms with Crippen molar-refractivity contribution < 1.29 is 9.59 Å². The molecule has 1 N–H and O–H groups in total. The Morgan fingerprint density at radius 1 is 1.08 bits per heavy atom. The third-order valence-corrected chi connectivity index (χ3v) is 4.17. The van der Waals surface area contributed by atoms with Crippen molar-refractivity contribution in [3.63, 3.8) is 0 Å². The summed E-state index contributed by atoms with van der Waals surface area (Å²) in [7, 11) is 0. The first kappa shape index (κ1) is 16.1. The Labute approximate surface area is 140 Å². The van der Waals surface area contributed by atoms with E-state index in [4.69, 9.17) is 0 Å². The van der Waals surface area contributed by atoms with E-state index in [0.29, 0.717) is 19.6 Å². The molecule has 0 bridgehead atoms. The SMILES string of the molecule is O=C(NCCc1ccncc1)[C@H]1CC(=O)N(Cc2ccncc2)C1. The summed E-state index contributed by atoms with van der Waals surface area (Å²) in [5.41, 5.74) is 2.16. The molecule has 3 heterocycles. The molecule has 0 aliphatic carbocycles. The van der Waals surface area contributed by atoms with Gasteiger partial charge >= 0.3 is 0 Å². The molecule has 24 heavy (non-hydrogen) atoms. The highest BCUT2D eigenvalue weighted by Gasteiger charge is 2.33. The number of nitrogens with zero attached hydrogens (tertiary/aromatic N) is 3. The maximum absolute atomic E-state index is 12.3. The zero-order valence-electron chi connectivity index (χ0n) is 13.4. The van der Waals surface area contributed by atoms with Gasteiger partial charge in [-0.3, -0.25) is 19.6 Å². The zero-order chi connectivity index (χ0) is 16.8. The lowest BCUT2D eigenvalue weighted by Crippen LogP contribution is -2.34. The second kappa shape index (κ2) is 7.68. The average molecular weight is 324 g/mol. The number of hydrogen-bond acceptors (Lipinski definition) is 4. The van der Waals surface area contributed by atoms with Crippen LogP contribution in [-0.2, 0) is 22.6 Å². The first-order valence-corrected chi connectivity index (χ1v) is 8.05. The molecular weight excluding hydrogens is 304 g/mol. The van der Waals surface area contributed by atoms with Gasteiger partial charge in [0, 0.05) is 50.8 Å². The number of carbonyl (C=O) groups excluding carboxylic acids is 2. The second-order valence-electron chi connectivity index (χ2n) is 5.93. The van der Waals surface area contributed by atoms with Crippen LogP contribution in [0.5, 0.6) is 0 Å². The number of hydrogen-bond donors (Lipinski definition) is 1. The molecule has 1 saturated heterocycles. The van der Waals surface area contributed by atoms with Crippen molar-refractivity contribution in [2.75, 3.05) is 13.1 Å². The van der Waals surface area contributed by atoms with E-state index in [1.54, 1.807) is 29.7 Å². The molecule has 0 spiro atoms. The van der Waals surface area contributed by atoms with Crippen LogP contribution in [0.15, 0.2) is 49.1 Å². The summed E-state index contributed by atoms with van der Waals surface area (Å²) in [5.74, 6) is -0.285. The van der Waals surface area contributed by atoms with Crippen LogP contribution in [0, 0.1) is 5.92 Å². The van der Waals surface area contributed by atoms with Gasteiger partial charge in [0.05, 0.1) is 5.92 Å². The Hall–Kier alpha value is -2.76. The van der Waals surface area contributed by atoms with Crippen molar-refractivity contribution in [3.05, 3.63) is 60.2 Å². The van der Waals surface area contributed by atoms with Crippen LogP contribution in [0.1, 0.15) is 17.5 Å². The molecule has 6 heteroatoms. The summed E-state index contributed by atoms with van der Waals surface area (Å²) in [6, 6.07) is 7.63. The number of likely N-dealkylation sites (tertiary alicyclic amines) is 1. The Bertz CT molecular complexity index is 691. The number of pyridine rings is 2. The van der Waals surface area contributed by atoms with Crippen LogP contribution in [-0.4, -0.2) is 39.8 Å². The van der Waals surface area contributed by atoms with E-state index in [-0.39, 0.29) is 24.2 Å². The molecule has 1 aliphatic heterocycles. The van der Waals surface area contributed by atoms with Crippen molar-refractivity contribution >= 4 is 11.8 Å². The van der Waals surface area contributed by atoms with Crippen LogP contribution in [0.2, 0.25) is 0 Å². The standard InChI is InChI=1S/C18H20N4O2/c23-17-11-16(13-22(17)12-15-3-8-20-9-4-15)18(24)21-10-5-14-1-6-19-7-2-14/h1-4,6-9,16H,5,10-13H2,(H,21,24)/t16-/m0/s1. The summed E-state index contributed by atoms with van der Waals surface area (Å²) in [5, 5.41) is 2.93. The van der Waals surface area contributed by atoms with E-state index < -0.39 is 0 Å². The predicted octanol–water partition coefficient (Wildman–Crippen LogP) is 1.18. The second-order valence-corrected chi connectivity index (χ2v) is 5.93. The van der Waals surface area contributed by atoms with Gasteiger partial charge in [-0.05, 0) is 41.8 Å². The monoisotopic (exact) mass is 324 g/mol. The lowest BCUT2D eigenvalue weighted by molar-refractivity contribution is -0.129. The quantitative estimate of drug-likeness (QED) is 0.866. The Morgan fingerprint density at radius 3 is 2.38 bits per heavy atom. The lowest BCUT2D eigenvalue weighted by Gasteiger charge is -2.16. The summed E-state index contributed by atoms with van der Waals surface area (Å²) in [4.78, 5) is 34.1. The largest absolute Gasteiger partial charge is 0.355 e. The minimum Gasteiger partial charge on any atom is -0.355 e. The van der Waals surface area contributed by atoms with Crippen molar-refractivity contribution in [3.8, 4) is 0 Å². The van der Waals surface area contributed by atoms with E-state index >= 15 is 0 Å². The number of amides is 2. The molecule has 1 aliphatic rings. The first-order chi connectivity index (χ1) is 11.7. The highest BCUT2D eigenvalue weighted by molar-refractivity contribution is 5.89. The third-order valence-electron chi connectivity index (χ3n) is 4.17. The molecule has 0 saturated carbocycles. The summed E-state index contributed by atoms with van der Waals surface area (Å²) in [6.45, 7) is 1.57. The van der Waals surface area contributed by atoms with Gasteiger partial charge in [0.15, 0.2) is 0 Å². The fraction of sp³-hybridized carbons (Fsp3) is 0.333. The van der Waals surface area contributed by atoms with Crippen molar-refractivity contribution in [1.29, 1.82) is 0 Å². The van der Waals surface area contributed by atoms with Gasteiger partial charge in [0.2, 0.25) is 11.8 Å². The molecule has 1 atom stereocenters. The predicted molar refractivity (Wildman–Crippen MR) is 88.7 cm³/mol. The lowest BCUT2D eigenvalue weighted by atomic mass is 10.1. The van der Waals surface area contributed by atoms with Gasteiger partial charge in [0.25, 0.3) is 0 Å². The summed E-state index contributed by atoms with van der Waals surface area (Å²) < 4.78 is 0. The fourth-order valence-corrected chi connectivity index (χ4v) is 2.83. The van der Waals surface area contributed by atoms with Crippen molar-refractivity contribution in [1.82, 2.24) is 20.2 Å². The van der Waals surface area contributed by atoms with E-state index in [2.05, 4.69) is 15.3 Å². The Morgan fingerprint density at radius 2 is 1.71 bits per heavy atom. The van der Waals surface area contributed by atoms with E-state index in [1.807, 2.05) is 24.3 Å². The average Bonchev–Trinajstić information content (AvgIpc) is 2.97. The summed E-state index contributed by atoms with van der Waals surface area (Å²) >= 11 is 0. The molecule has 2 aromatic heterocycles. The Balaban J connectivity index is 1.47. The molecule has 0 aromatic carbocycles. The smallest absolute Gasteiger partial charge is 0.225 e.